The molecule has 0 aromatic carbocycles. The van der Waals surface area contributed by atoms with Gasteiger partial charge >= 0.3 is 17.9 Å². The molecule has 0 saturated heterocycles. The van der Waals surface area contributed by atoms with Gasteiger partial charge in [0.2, 0.25) is 11.6 Å². The van der Waals surface area contributed by atoms with E-state index in [4.69, 9.17) is 10.2 Å². The topological polar surface area (TPSA) is 170 Å². The van der Waals surface area contributed by atoms with Crippen LogP contribution in [0.2, 0.25) is 0 Å². The van der Waals surface area contributed by atoms with Crippen molar-refractivity contribution in [2.24, 2.45) is 4.99 Å². The monoisotopic (exact) mass is 388 g/mol. The van der Waals surface area contributed by atoms with Gasteiger partial charge in [-0.25, -0.2) is 14.4 Å². The zero-order chi connectivity index (χ0) is 20.8. The van der Waals surface area contributed by atoms with Gasteiger partial charge in [-0.1, -0.05) is 6.08 Å². The summed E-state index contributed by atoms with van der Waals surface area (Å²) in [5.41, 5.74) is 0.380. The summed E-state index contributed by atoms with van der Waals surface area (Å²) in [5, 5.41) is 29.8. The van der Waals surface area contributed by atoms with Crippen LogP contribution in [0.3, 0.4) is 0 Å². The Hall–Kier alpha value is -3.82. The Morgan fingerprint density at radius 1 is 1.14 bits per heavy atom. The predicted molar refractivity (Wildman–Crippen MR) is 94.7 cm³/mol. The third-order valence-electron chi connectivity index (χ3n) is 3.90. The van der Waals surface area contributed by atoms with Crippen LogP contribution < -0.4 is 5.32 Å². The highest BCUT2D eigenvalue weighted by Gasteiger charge is 2.26. The van der Waals surface area contributed by atoms with Crippen LogP contribution in [-0.4, -0.2) is 63.1 Å². The molecule has 0 bridgehead atoms. The van der Waals surface area contributed by atoms with E-state index in [1.54, 1.807) is 0 Å². The molecule has 0 amide bonds. The lowest BCUT2D eigenvalue weighted by Gasteiger charge is -2.21. The first-order valence-corrected chi connectivity index (χ1v) is 8.03. The van der Waals surface area contributed by atoms with Crippen LogP contribution in [0.1, 0.15) is 12.8 Å². The maximum Gasteiger partial charge on any atom is 0.351 e. The molecule has 10 nitrogen and oxygen atoms in total. The van der Waals surface area contributed by atoms with Gasteiger partial charge in [0.05, 0.1) is 0 Å². The molecule has 1 aliphatic carbocycles. The second-order valence-corrected chi connectivity index (χ2v) is 5.98. The quantitative estimate of drug-likeness (QED) is 0.263. The van der Waals surface area contributed by atoms with Gasteiger partial charge in [-0.05, 0) is 35.5 Å². The maximum atomic E-state index is 11.4. The fourth-order valence-electron chi connectivity index (χ4n) is 2.50. The number of aliphatic carboxylic acids is 3. The molecular weight excluding hydrogens is 372 g/mol. The summed E-state index contributed by atoms with van der Waals surface area (Å²) in [6.45, 7) is 0. The van der Waals surface area contributed by atoms with E-state index in [-0.39, 0.29) is 18.5 Å². The molecule has 0 radical (unpaired) electrons. The standard InChI is InChI=1S/C18H16N2O8/c21-14-2-1-9(8-15(14)22)5-11(16(23)24)19-4-3-10-6-12(17(25)26)20-13(7-10)18(27)28/h1-4,6,8,11,13,20H,5,7H2,(H,23,24)(H,25,26)(H,27,28)/t11-,13-/m0/s1. The van der Waals surface area contributed by atoms with Crippen LogP contribution in [0.5, 0.6) is 0 Å². The molecule has 0 fully saturated rings. The third-order valence-corrected chi connectivity index (χ3v) is 3.90. The number of ketones is 2. The van der Waals surface area contributed by atoms with E-state index in [1.807, 2.05) is 0 Å². The summed E-state index contributed by atoms with van der Waals surface area (Å²) in [6.07, 6.45) is 7.03. The summed E-state index contributed by atoms with van der Waals surface area (Å²) in [7, 11) is 0. The number of nitrogens with zero attached hydrogens (tertiary/aromatic N) is 1. The van der Waals surface area contributed by atoms with E-state index in [0.29, 0.717) is 11.1 Å². The van der Waals surface area contributed by atoms with Crippen molar-refractivity contribution in [1.29, 1.82) is 0 Å². The average Bonchev–Trinajstić information content (AvgIpc) is 2.63. The third kappa shape index (κ3) is 5.34. The molecule has 0 saturated carbocycles. The summed E-state index contributed by atoms with van der Waals surface area (Å²) in [6, 6.07) is -2.37. The van der Waals surface area contributed by atoms with E-state index < -0.39 is 41.6 Å². The molecule has 1 heterocycles. The van der Waals surface area contributed by atoms with Crippen LogP contribution >= 0.6 is 0 Å². The lowest BCUT2D eigenvalue weighted by atomic mass is 9.99. The van der Waals surface area contributed by atoms with Gasteiger partial charge in [0.1, 0.15) is 11.7 Å². The van der Waals surface area contributed by atoms with Gasteiger partial charge in [0, 0.05) is 19.1 Å². The Balaban J connectivity index is 2.16. The number of aliphatic imine (C=N–C) groups is 1. The molecule has 0 aromatic rings. The molecule has 2 aliphatic rings. The lowest BCUT2D eigenvalue weighted by Crippen LogP contribution is -2.41. The molecule has 0 spiro atoms. The summed E-state index contributed by atoms with van der Waals surface area (Å²) in [5.74, 6) is -5.25. The minimum atomic E-state index is -1.33. The first-order valence-electron chi connectivity index (χ1n) is 8.03. The number of nitrogens with one attached hydrogen (secondary N) is 1. The van der Waals surface area contributed by atoms with Crippen molar-refractivity contribution >= 4 is 35.7 Å². The Morgan fingerprint density at radius 2 is 1.86 bits per heavy atom. The highest BCUT2D eigenvalue weighted by molar-refractivity contribution is 6.46. The van der Waals surface area contributed by atoms with Crippen molar-refractivity contribution in [1.82, 2.24) is 5.32 Å². The maximum absolute atomic E-state index is 11.4. The van der Waals surface area contributed by atoms with E-state index in [1.165, 1.54) is 18.2 Å². The molecule has 0 unspecified atom stereocenters. The molecule has 146 valence electrons. The Kier molecular flexibility index (Phi) is 6.38. The molecule has 28 heavy (non-hydrogen) atoms. The van der Waals surface area contributed by atoms with E-state index in [0.717, 1.165) is 18.4 Å². The first-order chi connectivity index (χ1) is 13.2. The second-order valence-electron chi connectivity index (χ2n) is 5.98. The number of hydrogen-bond acceptors (Lipinski definition) is 7. The van der Waals surface area contributed by atoms with Crippen LogP contribution in [0.4, 0.5) is 0 Å². The van der Waals surface area contributed by atoms with Crippen LogP contribution in [0, 0.1) is 0 Å². The first kappa shape index (κ1) is 20.5. The minimum Gasteiger partial charge on any atom is -0.480 e. The van der Waals surface area contributed by atoms with Crippen LogP contribution in [0.15, 0.2) is 52.2 Å². The predicted octanol–water partition coefficient (Wildman–Crippen LogP) is -0.124. The number of hydrogen-bond donors (Lipinski definition) is 4. The van der Waals surface area contributed by atoms with Gasteiger partial charge in [-0.3, -0.25) is 14.6 Å². The van der Waals surface area contributed by atoms with Crippen molar-refractivity contribution < 1.29 is 39.3 Å². The van der Waals surface area contributed by atoms with Crippen molar-refractivity contribution in [3.05, 3.63) is 47.2 Å². The Morgan fingerprint density at radius 3 is 2.43 bits per heavy atom. The molecule has 1 aliphatic heterocycles. The fraction of sp³-hybridized carbons (Fsp3) is 0.222. The number of carbonyl (C=O) groups is 5. The highest BCUT2D eigenvalue weighted by atomic mass is 16.4. The lowest BCUT2D eigenvalue weighted by molar-refractivity contribution is -0.140. The molecule has 2 atom stereocenters. The van der Waals surface area contributed by atoms with Gasteiger partial charge < -0.3 is 20.6 Å². The average molecular weight is 388 g/mol. The van der Waals surface area contributed by atoms with Crippen LogP contribution in [-0.2, 0) is 24.0 Å². The van der Waals surface area contributed by atoms with Gasteiger partial charge in [0.15, 0.2) is 6.04 Å². The van der Waals surface area contributed by atoms with Crippen molar-refractivity contribution in [2.45, 2.75) is 24.9 Å². The van der Waals surface area contributed by atoms with E-state index in [2.05, 4.69) is 10.3 Å². The summed E-state index contributed by atoms with van der Waals surface area (Å²) in [4.78, 5) is 60.0. The number of rotatable bonds is 7. The number of allylic oxidation sites excluding steroid dienone is 5. The van der Waals surface area contributed by atoms with Gasteiger partial charge in [0.25, 0.3) is 0 Å². The fourth-order valence-corrected chi connectivity index (χ4v) is 2.50. The van der Waals surface area contributed by atoms with E-state index >= 15 is 0 Å². The van der Waals surface area contributed by atoms with E-state index in [9.17, 15) is 29.1 Å². The largest absolute Gasteiger partial charge is 0.480 e. The molecule has 10 heteroatoms. The molecule has 0 aromatic heterocycles. The second kappa shape index (κ2) is 8.71. The van der Waals surface area contributed by atoms with Crippen molar-refractivity contribution in [3.63, 3.8) is 0 Å². The zero-order valence-electron chi connectivity index (χ0n) is 14.4. The normalized spacial score (nSPS) is 21.9. The number of carbonyl (C=O) groups excluding carboxylic acids is 2. The SMILES string of the molecule is O=C(O)C1=CC(=CC=N[C@@H](CC2=CC(=O)C(=O)C=C2)C(=O)O)C[C@@H](C(=O)O)N1. The smallest absolute Gasteiger partial charge is 0.351 e. The summed E-state index contributed by atoms with van der Waals surface area (Å²) >= 11 is 0. The molecule has 2 rings (SSSR count). The highest BCUT2D eigenvalue weighted by Crippen LogP contribution is 2.17. The van der Waals surface area contributed by atoms with Crippen molar-refractivity contribution in [3.8, 4) is 0 Å². The van der Waals surface area contributed by atoms with Crippen molar-refractivity contribution in [2.75, 3.05) is 0 Å². The molecular formula is C18H16N2O8. The Bertz CT molecular complexity index is 891. The molecule has 4 N–H and O–H groups in total. The van der Waals surface area contributed by atoms with Crippen LogP contribution in [0.25, 0.3) is 0 Å². The van der Waals surface area contributed by atoms with Gasteiger partial charge in [-0.2, -0.15) is 0 Å². The number of carboxylic acid groups (broad SMARTS) is 3. The Labute approximate surface area is 158 Å². The van der Waals surface area contributed by atoms with Gasteiger partial charge in [-0.15, -0.1) is 0 Å². The summed E-state index contributed by atoms with van der Waals surface area (Å²) < 4.78 is 0. The zero-order valence-corrected chi connectivity index (χ0v) is 14.4. The number of carboxylic acids is 3. The minimum absolute atomic E-state index is 0.0135.